The molecular formula is C17H28N2O4. The molecule has 1 amide bonds. The molecule has 0 spiro atoms. The fourth-order valence-electron chi connectivity index (χ4n) is 2.46. The lowest BCUT2D eigenvalue weighted by atomic mass is 9.96. The van der Waals surface area contributed by atoms with Crippen LogP contribution in [0.4, 0.5) is 0 Å². The molecular weight excluding hydrogens is 296 g/mol. The van der Waals surface area contributed by atoms with Crippen molar-refractivity contribution in [2.24, 2.45) is 5.73 Å². The molecule has 0 fully saturated rings. The van der Waals surface area contributed by atoms with Crippen LogP contribution in [0.3, 0.4) is 0 Å². The molecule has 3 N–H and O–H groups in total. The van der Waals surface area contributed by atoms with Gasteiger partial charge in [0.15, 0.2) is 0 Å². The van der Waals surface area contributed by atoms with Crippen molar-refractivity contribution in [1.29, 1.82) is 0 Å². The third-order valence-electron chi connectivity index (χ3n) is 3.77. The number of carbonyl (C=O) groups excluding carboxylic acids is 1. The highest BCUT2D eigenvalue weighted by Crippen LogP contribution is 2.34. The normalized spacial score (nSPS) is 13.1. The Morgan fingerprint density at radius 1 is 1.17 bits per heavy atom. The molecule has 1 aromatic carbocycles. The third kappa shape index (κ3) is 5.03. The van der Waals surface area contributed by atoms with Crippen molar-refractivity contribution in [2.45, 2.75) is 38.6 Å². The number of amides is 1. The first-order chi connectivity index (χ1) is 10.9. The number of nitrogens with one attached hydrogen (secondary N) is 1. The van der Waals surface area contributed by atoms with Crippen LogP contribution in [-0.2, 0) is 11.2 Å². The Morgan fingerprint density at radius 2 is 1.74 bits per heavy atom. The van der Waals surface area contributed by atoms with Gasteiger partial charge in [0, 0.05) is 24.2 Å². The summed E-state index contributed by atoms with van der Waals surface area (Å²) in [6.45, 7) is 4.21. The van der Waals surface area contributed by atoms with Gasteiger partial charge in [0.2, 0.25) is 5.91 Å². The number of hydrogen-bond donors (Lipinski definition) is 2. The van der Waals surface area contributed by atoms with E-state index < -0.39 is 5.54 Å². The van der Waals surface area contributed by atoms with Crippen molar-refractivity contribution in [3.63, 3.8) is 0 Å². The lowest BCUT2D eigenvalue weighted by Gasteiger charge is -2.23. The molecule has 23 heavy (non-hydrogen) atoms. The van der Waals surface area contributed by atoms with Gasteiger partial charge in [-0.15, -0.1) is 0 Å². The summed E-state index contributed by atoms with van der Waals surface area (Å²) in [5.41, 5.74) is 6.06. The quantitative estimate of drug-likeness (QED) is 0.725. The molecule has 1 aromatic rings. The minimum Gasteiger partial charge on any atom is -0.496 e. The third-order valence-corrected chi connectivity index (χ3v) is 3.77. The molecule has 0 saturated heterocycles. The second-order valence-electron chi connectivity index (χ2n) is 5.68. The van der Waals surface area contributed by atoms with Gasteiger partial charge in [0.05, 0.1) is 26.9 Å². The Balaban J connectivity index is 2.79. The molecule has 6 heteroatoms. The minimum atomic E-state index is -0.844. The first-order valence-corrected chi connectivity index (χ1v) is 7.75. The molecule has 0 saturated carbocycles. The fraction of sp³-hybridized carbons (Fsp3) is 0.588. The molecule has 1 atom stereocenters. The molecule has 0 aliphatic heterocycles. The van der Waals surface area contributed by atoms with E-state index in [9.17, 15) is 4.79 Å². The lowest BCUT2D eigenvalue weighted by Crippen LogP contribution is -2.51. The van der Waals surface area contributed by atoms with Crippen LogP contribution >= 0.6 is 0 Å². The Labute approximate surface area is 138 Å². The first kappa shape index (κ1) is 19.1. The summed E-state index contributed by atoms with van der Waals surface area (Å²) in [5, 5.41) is 2.88. The largest absolute Gasteiger partial charge is 0.496 e. The Bertz CT molecular complexity index is 504. The summed E-state index contributed by atoms with van der Waals surface area (Å²) in [4.78, 5) is 12.1. The molecule has 0 aromatic heterocycles. The summed E-state index contributed by atoms with van der Waals surface area (Å²) in [6, 6.07) is 3.59. The smallest absolute Gasteiger partial charge is 0.239 e. The first-order valence-electron chi connectivity index (χ1n) is 7.75. The summed E-state index contributed by atoms with van der Waals surface area (Å²) in [6.07, 6.45) is 2.08. The highest BCUT2D eigenvalue weighted by atomic mass is 16.5. The van der Waals surface area contributed by atoms with E-state index >= 15 is 0 Å². The average Bonchev–Trinajstić information content (AvgIpc) is 2.54. The highest BCUT2D eigenvalue weighted by Gasteiger charge is 2.26. The van der Waals surface area contributed by atoms with Crippen molar-refractivity contribution in [1.82, 2.24) is 5.32 Å². The van der Waals surface area contributed by atoms with E-state index in [1.807, 2.05) is 6.92 Å². The van der Waals surface area contributed by atoms with E-state index in [0.717, 1.165) is 12.0 Å². The Morgan fingerprint density at radius 3 is 2.17 bits per heavy atom. The van der Waals surface area contributed by atoms with E-state index in [0.29, 0.717) is 36.6 Å². The van der Waals surface area contributed by atoms with Gasteiger partial charge in [0.1, 0.15) is 17.2 Å². The predicted octanol–water partition coefficient (Wildman–Crippen LogP) is 1.89. The van der Waals surface area contributed by atoms with Crippen LogP contribution in [0.1, 0.15) is 32.3 Å². The average molecular weight is 324 g/mol. The molecule has 1 unspecified atom stereocenters. The lowest BCUT2D eigenvalue weighted by molar-refractivity contribution is -0.126. The number of nitrogens with two attached hydrogens (primary N) is 1. The van der Waals surface area contributed by atoms with Gasteiger partial charge in [-0.3, -0.25) is 4.79 Å². The van der Waals surface area contributed by atoms with Gasteiger partial charge in [-0.05, 0) is 19.8 Å². The van der Waals surface area contributed by atoms with Gasteiger partial charge in [-0.25, -0.2) is 0 Å². The van der Waals surface area contributed by atoms with Crippen molar-refractivity contribution in [3.8, 4) is 17.2 Å². The second kappa shape index (κ2) is 8.62. The summed E-state index contributed by atoms with van der Waals surface area (Å²) in [7, 11) is 4.77. The fourth-order valence-corrected chi connectivity index (χ4v) is 2.46. The van der Waals surface area contributed by atoms with Crippen LogP contribution in [0.2, 0.25) is 0 Å². The molecule has 0 heterocycles. The zero-order chi connectivity index (χ0) is 17.5. The SMILES string of the molecule is CCCC(C)(N)C(=O)NCCc1c(OC)cc(OC)cc1OC. The molecule has 0 radical (unpaired) electrons. The minimum absolute atomic E-state index is 0.147. The number of carbonyl (C=O) groups is 1. The predicted molar refractivity (Wildman–Crippen MR) is 90.3 cm³/mol. The van der Waals surface area contributed by atoms with E-state index in [-0.39, 0.29) is 5.91 Å². The molecule has 0 aliphatic carbocycles. The summed E-state index contributed by atoms with van der Waals surface area (Å²) < 4.78 is 16.0. The summed E-state index contributed by atoms with van der Waals surface area (Å²) in [5.74, 6) is 1.84. The zero-order valence-corrected chi connectivity index (χ0v) is 14.7. The standard InChI is InChI=1S/C17H28N2O4/c1-6-8-17(2,18)16(20)19-9-7-13-14(22-4)10-12(21-3)11-15(13)23-5/h10-11H,6-9,18H2,1-5H3,(H,19,20). The molecule has 0 bridgehead atoms. The van der Waals surface area contributed by atoms with Crippen LogP contribution < -0.4 is 25.3 Å². The van der Waals surface area contributed by atoms with Crippen molar-refractivity contribution in [3.05, 3.63) is 17.7 Å². The number of ether oxygens (including phenoxy) is 3. The van der Waals surface area contributed by atoms with Crippen molar-refractivity contribution < 1.29 is 19.0 Å². The zero-order valence-electron chi connectivity index (χ0n) is 14.7. The van der Waals surface area contributed by atoms with E-state index in [2.05, 4.69) is 5.32 Å². The van der Waals surface area contributed by atoms with Crippen LogP contribution in [0, 0.1) is 0 Å². The highest BCUT2D eigenvalue weighted by molar-refractivity contribution is 5.85. The molecule has 1 rings (SSSR count). The number of benzene rings is 1. The van der Waals surface area contributed by atoms with Crippen LogP contribution in [0.5, 0.6) is 17.2 Å². The van der Waals surface area contributed by atoms with Gasteiger partial charge in [0.25, 0.3) is 0 Å². The Hall–Kier alpha value is -1.95. The van der Waals surface area contributed by atoms with E-state index in [1.165, 1.54) is 0 Å². The van der Waals surface area contributed by atoms with E-state index in [4.69, 9.17) is 19.9 Å². The summed E-state index contributed by atoms with van der Waals surface area (Å²) >= 11 is 0. The van der Waals surface area contributed by atoms with Crippen LogP contribution in [-0.4, -0.2) is 39.3 Å². The van der Waals surface area contributed by atoms with Gasteiger partial charge in [-0.2, -0.15) is 0 Å². The molecule has 130 valence electrons. The maximum absolute atomic E-state index is 12.1. The maximum atomic E-state index is 12.1. The number of rotatable bonds is 9. The topological polar surface area (TPSA) is 82.8 Å². The van der Waals surface area contributed by atoms with Crippen LogP contribution in [0.25, 0.3) is 0 Å². The molecule has 6 nitrogen and oxygen atoms in total. The van der Waals surface area contributed by atoms with Crippen LogP contribution in [0.15, 0.2) is 12.1 Å². The maximum Gasteiger partial charge on any atom is 0.239 e. The van der Waals surface area contributed by atoms with Gasteiger partial charge in [-0.1, -0.05) is 13.3 Å². The second-order valence-corrected chi connectivity index (χ2v) is 5.68. The number of hydrogen-bond acceptors (Lipinski definition) is 5. The number of methoxy groups -OCH3 is 3. The Kier molecular flexibility index (Phi) is 7.16. The monoisotopic (exact) mass is 324 g/mol. The van der Waals surface area contributed by atoms with Gasteiger partial charge < -0.3 is 25.3 Å². The van der Waals surface area contributed by atoms with Gasteiger partial charge >= 0.3 is 0 Å². The van der Waals surface area contributed by atoms with E-state index in [1.54, 1.807) is 40.4 Å². The van der Waals surface area contributed by atoms with Crippen molar-refractivity contribution in [2.75, 3.05) is 27.9 Å². The molecule has 0 aliphatic rings. The van der Waals surface area contributed by atoms with Crippen molar-refractivity contribution >= 4 is 5.91 Å².